The van der Waals surface area contributed by atoms with Crippen molar-refractivity contribution in [3.05, 3.63) is 82.5 Å². The van der Waals surface area contributed by atoms with E-state index < -0.39 is 0 Å². The second-order valence-corrected chi connectivity index (χ2v) is 9.12. The smallest absolute Gasteiger partial charge is 0.280 e. The molecule has 2 aromatic carbocycles. The molecule has 0 N–H and O–H groups in total. The Hall–Kier alpha value is -3.13. The van der Waals surface area contributed by atoms with Gasteiger partial charge in [-0.15, -0.1) is 11.3 Å². The molecule has 0 unspecified atom stereocenters. The molecule has 3 heterocycles. The molecule has 5 nitrogen and oxygen atoms in total. The zero-order valence-electron chi connectivity index (χ0n) is 17.5. The number of nitrogens with zero attached hydrogens (tertiary/aromatic N) is 3. The summed E-state index contributed by atoms with van der Waals surface area (Å²) in [5.41, 5.74) is 3.20. The Bertz CT molecular complexity index is 1470. The van der Waals surface area contributed by atoms with Crippen LogP contribution in [0.3, 0.4) is 0 Å². The Kier molecular flexibility index (Phi) is 5.94. The number of carbonyl (C=O) groups excluding carboxylic acids is 1. The van der Waals surface area contributed by atoms with Crippen LogP contribution in [-0.4, -0.2) is 28.7 Å². The number of thiophene rings is 1. The minimum Gasteiger partial charge on any atom is -0.380 e. The van der Waals surface area contributed by atoms with Crippen LogP contribution in [0.5, 0.6) is 0 Å². The minimum atomic E-state index is -0.266. The fourth-order valence-corrected chi connectivity index (χ4v) is 5.41. The number of ether oxygens (including phenoxy) is 1. The highest BCUT2D eigenvalue weighted by atomic mass is 32.1. The second-order valence-electron chi connectivity index (χ2n) is 7.17. The molecule has 0 spiro atoms. The lowest BCUT2D eigenvalue weighted by molar-refractivity contribution is 0.0998. The zero-order chi connectivity index (χ0) is 21.9. The number of carbonyl (C=O) groups is 1. The normalized spacial score (nSPS) is 12.1. The molecule has 0 aliphatic heterocycles. The molecule has 32 heavy (non-hydrogen) atoms. The van der Waals surface area contributed by atoms with Gasteiger partial charge < -0.3 is 9.30 Å². The molecular formula is C25H21N3O2S2. The third kappa shape index (κ3) is 4.02. The van der Waals surface area contributed by atoms with E-state index in [0.717, 1.165) is 31.7 Å². The predicted octanol–water partition coefficient (Wildman–Crippen LogP) is 5.76. The second kappa shape index (κ2) is 9.16. The van der Waals surface area contributed by atoms with Crippen molar-refractivity contribution < 1.29 is 9.53 Å². The third-order valence-corrected chi connectivity index (χ3v) is 7.12. The van der Waals surface area contributed by atoms with Crippen molar-refractivity contribution >= 4 is 49.7 Å². The first kappa shape index (κ1) is 20.8. The third-order valence-electron chi connectivity index (χ3n) is 5.17. The number of aromatic nitrogens is 2. The van der Waals surface area contributed by atoms with Crippen LogP contribution in [0, 0.1) is 0 Å². The van der Waals surface area contributed by atoms with Gasteiger partial charge in [-0.1, -0.05) is 47.7 Å². The largest absolute Gasteiger partial charge is 0.380 e. The van der Waals surface area contributed by atoms with E-state index in [-0.39, 0.29) is 5.91 Å². The highest BCUT2D eigenvalue weighted by Gasteiger charge is 2.15. The molecule has 7 heteroatoms. The van der Waals surface area contributed by atoms with Crippen molar-refractivity contribution in [2.24, 2.45) is 4.99 Å². The van der Waals surface area contributed by atoms with Gasteiger partial charge in [0, 0.05) is 18.5 Å². The molecule has 0 saturated heterocycles. The Balaban J connectivity index is 1.65. The van der Waals surface area contributed by atoms with E-state index in [1.54, 1.807) is 11.3 Å². The maximum atomic E-state index is 13.5. The molecule has 0 saturated carbocycles. The monoisotopic (exact) mass is 459 g/mol. The molecule has 3 aromatic heterocycles. The quantitative estimate of drug-likeness (QED) is 0.304. The van der Waals surface area contributed by atoms with Crippen LogP contribution in [0.1, 0.15) is 17.3 Å². The van der Waals surface area contributed by atoms with Crippen molar-refractivity contribution in [1.82, 2.24) is 9.55 Å². The first-order valence-corrected chi connectivity index (χ1v) is 12.1. The number of pyridine rings is 1. The summed E-state index contributed by atoms with van der Waals surface area (Å²) in [5.74, 6) is -0.266. The highest BCUT2D eigenvalue weighted by Crippen LogP contribution is 2.28. The van der Waals surface area contributed by atoms with E-state index in [9.17, 15) is 4.79 Å². The number of amides is 1. The Morgan fingerprint density at radius 1 is 1.09 bits per heavy atom. The standard InChI is InChI=1S/C25H21N3O2S2/c1-2-30-14-13-28-21-10-5-6-11-23(21)32-25(28)27-24(29)18-16-20(22-12-7-15-31-22)26-19-9-4-3-8-17(18)19/h3-12,15-16H,2,13-14H2,1H3. The van der Waals surface area contributed by atoms with Crippen molar-refractivity contribution in [3.63, 3.8) is 0 Å². The van der Waals surface area contributed by atoms with Crippen LogP contribution in [0.2, 0.25) is 0 Å². The summed E-state index contributed by atoms with van der Waals surface area (Å²) in [6, 6.07) is 21.7. The van der Waals surface area contributed by atoms with Gasteiger partial charge in [-0.2, -0.15) is 4.99 Å². The number of para-hydroxylation sites is 2. The molecule has 0 radical (unpaired) electrons. The van der Waals surface area contributed by atoms with E-state index in [1.165, 1.54) is 11.3 Å². The molecule has 1 amide bonds. The lowest BCUT2D eigenvalue weighted by Gasteiger charge is -2.07. The molecule has 160 valence electrons. The molecule has 0 fully saturated rings. The number of benzene rings is 2. The van der Waals surface area contributed by atoms with E-state index in [2.05, 4.69) is 21.7 Å². The van der Waals surface area contributed by atoms with Gasteiger partial charge in [0.15, 0.2) is 4.80 Å². The average molecular weight is 460 g/mol. The topological polar surface area (TPSA) is 56.5 Å². The summed E-state index contributed by atoms with van der Waals surface area (Å²) in [5, 5.41) is 2.82. The molecule has 5 rings (SSSR count). The Morgan fingerprint density at radius 3 is 2.78 bits per heavy atom. The summed E-state index contributed by atoms with van der Waals surface area (Å²) in [4.78, 5) is 24.5. The maximum absolute atomic E-state index is 13.5. The number of hydrogen-bond acceptors (Lipinski definition) is 5. The van der Waals surface area contributed by atoms with Crippen molar-refractivity contribution in [1.29, 1.82) is 0 Å². The van der Waals surface area contributed by atoms with Crippen LogP contribution >= 0.6 is 22.7 Å². The summed E-state index contributed by atoms with van der Waals surface area (Å²) in [6.45, 7) is 3.84. The fraction of sp³-hybridized carbons (Fsp3) is 0.160. The first-order chi connectivity index (χ1) is 15.7. The lowest BCUT2D eigenvalue weighted by Crippen LogP contribution is -2.19. The van der Waals surface area contributed by atoms with Crippen LogP contribution in [0.4, 0.5) is 0 Å². The van der Waals surface area contributed by atoms with Gasteiger partial charge in [0.25, 0.3) is 5.91 Å². The van der Waals surface area contributed by atoms with Crippen LogP contribution in [0.25, 0.3) is 31.7 Å². The maximum Gasteiger partial charge on any atom is 0.280 e. The molecule has 0 bridgehead atoms. The van der Waals surface area contributed by atoms with Gasteiger partial charge in [-0.05, 0) is 42.6 Å². The predicted molar refractivity (Wildman–Crippen MR) is 131 cm³/mol. The number of fused-ring (bicyclic) bond motifs is 2. The van der Waals surface area contributed by atoms with Crippen molar-refractivity contribution in [3.8, 4) is 10.6 Å². The van der Waals surface area contributed by atoms with Crippen LogP contribution < -0.4 is 4.80 Å². The minimum absolute atomic E-state index is 0.266. The van der Waals surface area contributed by atoms with Gasteiger partial charge in [-0.25, -0.2) is 4.98 Å². The number of hydrogen-bond donors (Lipinski definition) is 0. The first-order valence-electron chi connectivity index (χ1n) is 10.4. The average Bonchev–Trinajstić information content (AvgIpc) is 3.47. The highest BCUT2D eigenvalue weighted by molar-refractivity contribution is 7.16. The number of rotatable bonds is 6. The Labute approximate surface area is 193 Å². The SMILES string of the molecule is CCOCCn1c(=NC(=O)c2cc(-c3cccs3)nc3ccccc23)sc2ccccc21. The summed E-state index contributed by atoms with van der Waals surface area (Å²) in [6.07, 6.45) is 0. The van der Waals surface area contributed by atoms with Gasteiger partial charge >= 0.3 is 0 Å². The van der Waals surface area contributed by atoms with E-state index in [1.807, 2.05) is 66.9 Å². The summed E-state index contributed by atoms with van der Waals surface area (Å²) in [7, 11) is 0. The van der Waals surface area contributed by atoms with Crippen molar-refractivity contribution in [2.45, 2.75) is 13.5 Å². The zero-order valence-corrected chi connectivity index (χ0v) is 19.2. The van der Waals surface area contributed by atoms with Gasteiger partial charge in [0.1, 0.15) is 0 Å². The summed E-state index contributed by atoms with van der Waals surface area (Å²) < 4.78 is 8.72. The van der Waals surface area contributed by atoms with Crippen LogP contribution in [0.15, 0.2) is 77.1 Å². The van der Waals surface area contributed by atoms with Crippen LogP contribution in [-0.2, 0) is 11.3 Å². The van der Waals surface area contributed by atoms with E-state index in [4.69, 9.17) is 9.72 Å². The van der Waals surface area contributed by atoms with Gasteiger partial charge in [0.05, 0.1) is 38.5 Å². The lowest BCUT2D eigenvalue weighted by atomic mass is 10.1. The molecular weight excluding hydrogens is 438 g/mol. The van der Waals surface area contributed by atoms with Gasteiger partial charge in [-0.3, -0.25) is 4.79 Å². The van der Waals surface area contributed by atoms with E-state index in [0.29, 0.717) is 30.1 Å². The molecule has 0 atom stereocenters. The number of thiazole rings is 1. The molecule has 5 aromatic rings. The van der Waals surface area contributed by atoms with Gasteiger partial charge in [0.2, 0.25) is 0 Å². The Morgan fingerprint density at radius 2 is 1.94 bits per heavy atom. The summed E-state index contributed by atoms with van der Waals surface area (Å²) >= 11 is 3.12. The van der Waals surface area contributed by atoms with Crippen molar-refractivity contribution in [2.75, 3.05) is 13.2 Å². The molecule has 0 aliphatic carbocycles. The van der Waals surface area contributed by atoms with E-state index >= 15 is 0 Å². The molecule has 0 aliphatic rings. The fourth-order valence-electron chi connectivity index (χ4n) is 3.67.